The zero-order valence-corrected chi connectivity index (χ0v) is 14.9. The molecule has 0 radical (unpaired) electrons. The number of hydrogen-bond donors (Lipinski definition) is 3. The van der Waals surface area contributed by atoms with Crippen LogP contribution < -0.4 is 23.5 Å². The molecular formula is C17H32ClN3O. The van der Waals surface area contributed by atoms with E-state index in [4.69, 9.17) is 5.73 Å². The Labute approximate surface area is 141 Å². The number of nitrogen functional groups attached to an aromatic ring is 1. The van der Waals surface area contributed by atoms with E-state index < -0.39 is 0 Å². The molecule has 5 heteroatoms. The van der Waals surface area contributed by atoms with E-state index in [1.54, 1.807) is 0 Å². The van der Waals surface area contributed by atoms with Crippen molar-refractivity contribution in [1.82, 2.24) is 0 Å². The molecule has 0 aliphatic rings. The standard InChI is InChI=1S/C17H32N3O.ClH/c1-4-20(5-2,13-14-21)12-6-7-15(3)19-17-10-8-16(18)9-11-17;/h8-11,15,19,21H,4-7,12-14,18H2,1-3H3;1H/q+1;/p-1. The van der Waals surface area contributed by atoms with Gasteiger partial charge in [0, 0.05) is 17.4 Å². The molecule has 0 fully saturated rings. The number of anilines is 2. The van der Waals surface area contributed by atoms with Gasteiger partial charge in [0.15, 0.2) is 0 Å². The van der Waals surface area contributed by atoms with E-state index in [2.05, 4.69) is 26.1 Å². The lowest BCUT2D eigenvalue weighted by molar-refractivity contribution is -0.925. The van der Waals surface area contributed by atoms with E-state index in [-0.39, 0.29) is 19.0 Å². The number of halogens is 1. The first kappa shape index (κ1) is 21.0. The molecule has 0 saturated heterocycles. The molecule has 1 atom stereocenters. The van der Waals surface area contributed by atoms with Crippen molar-refractivity contribution in [1.29, 1.82) is 0 Å². The first-order chi connectivity index (χ1) is 10.0. The largest absolute Gasteiger partial charge is 1.00 e. The summed E-state index contributed by atoms with van der Waals surface area (Å²) in [6, 6.07) is 8.34. The number of nitrogens with zero attached hydrogens (tertiary/aromatic N) is 1. The second-order valence-corrected chi connectivity index (χ2v) is 5.95. The molecule has 0 bridgehead atoms. The number of aliphatic hydroxyl groups excluding tert-OH is 1. The smallest absolute Gasteiger partial charge is 0.102 e. The molecule has 0 amide bonds. The van der Waals surface area contributed by atoms with Crippen molar-refractivity contribution in [3.63, 3.8) is 0 Å². The maximum absolute atomic E-state index is 9.25. The van der Waals surface area contributed by atoms with Crippen LogP contribution in [0, 0.1) is 0 Å². The average Bonchev–Trinajstić information content (AvgIpc) is 2.48. The number of quaternary nitrogens is 1. The summed E-state index contributed by atoms with van der Waals surface area (Å²) in [6.45, 7) is 11.1. The molecule has 0 spiro atoms. The predicted octanol–water partition coefficient (Wildman–Crippen LogP) is -0.298. The average molecular weight is 330 g/mol. The number of nitrogens with one attached hydrogen (secondary N) is 1. The summed E-state index contributed by atoms with van der Waals surface area (Å²) in [6.07, 6.45) is 2.31. The number of aliphatic hydroxyl groups is 1. The molecule has 1 rings (SSSR count). The van der Waals surface area contributed by atoms with E-state index in [0.717, 1.165) is 48.5 Å². The normalized spacial score (nSPS) is 12.5. The maximum Gasteiger partial charge on any atom is 0.102 e. The SMILES string of the molecule is CC[N+](CC)(CCO)CCCC(C)Nc1ccc(N)cc1.[Cl-]. The molecule has 0 aliphatic heterocycles. The van der Waals surface area contributed by atoms with Crippen LogP contribution >= 0.6 is 0 Å². The van der Waals surface area contributed by atoms with Crippen molar-refractivity contribution < 1.29 is 22.0 Å². The van der Waals surface area contributed by atoms with Gasteiger partial charge in [0.2, 0.25) is 0 Å². The minimum atomic E-state index is 0. The monoisotopic (exact) mass is 329 g/mol. The predicted molar refractivity (Wildman–Crippen MR) is 91.3 cm³/mol. The lowest BCUT2D eigenvalue weighted by Crippen LogP contribution is -3.00. The number of rotatable bonds is 10. The molecule has 1 aromatic rings. The third-order valence-corrected chi connectivity index (χ3v) is 4.51. The van der Waals surface area contributed by atoms with Crippen LogP contribution in [0.15, 0.2) is 24.3 Å². The van der Waals surface area contributed by atoms with Gasteiger partial charge in [-0.25, -0.2) is 0 Å². The summed E-state index contributed by atoms with van der Waals surface area (Å²) in [5.74, 6) is 0. The van der Waals surface area contributed by atoms with E-state index in [1.807, 2.05) is 24.3 Å². The highest BCUT2D eigenvalue weighted by Gasteiger charge is 2.22. The van der Waals surface area contributed by atoms with Crippen LogP contribution in [-0.4, -0.2) is 48.4 Å². The Morgan fingerprint density at radius 2 is 1.73 bits per heavy atom. The number of nitrogens with two attached hydrogens (primary N) is 1. The minimum absolute atomic E-state index is 0. The Hall–Kier alpha value is -0.970. The highest BCUT2D eigenvalue weighted by molar-refractivity contribution is 5.51. The van der Waals surface area contributed by atoms with Crippen molar-refractivity contribution in [3.8, 4) is 0 Å². The summed E-state index contributed by atoms with van der Waals surface area (Å²) in [5.41, 5.74) is 7.61. The summed E-state index contributed by atoms with van der Waals surface area (Å²) in [4.78, 5) is 0. The summed E-state index contributed by atoms with van der Waals surface area (Å²) in [7, 11) is 0. The fraction of sp³-hybridized carbons (Fsp3) is 0.647. The van der Waals surface area contributed by atoms with Crippen LogP contribution in [0.3, 0.4) is 0 Å². The summed E-state index contributed by atoms with van der Waals surface area (Å²) in [5, 5.41) is 12.8. The lowest BCUT2D eigenvalue weighted by atomic mass is 10.1. The van der Waals surface area contributed by atoms with Crippen molar-refractivity contribution >= 4 is 11.4 Å². The number of benzene rings is 1. The van der Waals surface area contributed by atoms with E-state index in [9.17, 15) is 5.11 Å². The van der Waals surface area contributed by atoms with E-state index >= 15 is 0 Å². The Kier molecular flexibility index (Phi) is 10.2. The first-order valence-corrected chi connectivity index (χ1v) is 8.13. The fourth-order valence-corrected chi connectivity index (χ4v) is 2.85. The van der Waals surface area contributed by atoms with Crippen molar-refractivity contribution in [3.05, 3.63) is 24.3 Å². The van der Waals surface area contributed by atoms with E-state index in [1.165, 1.54) is 6.42 Å². The van der Waals surface area contributed by atoms with Crippen molar-refractivity contribution in [2.45, 2.75) is 39.7 Å². The molecule has 4 nitrogen and oxygen atoms in total. The molecule has 128 valence electrons. The highest BCUT2D eigenvalue weighted by Crippen LogP contribution is 2.15. The molecule has 0 aromatic heterocycles. The topological polar surface area (TPSA) is 58.3 Å². The fourth-order valence-electron chi connectivity index (χ4n) is 2.85. The Bertz CT molecular complexity index is 393. The molecular weight excluding hydrogens is 298 g/mol. The Morgan fingerprint density at radius 1 is 1.14 bits per heavy atom. The van der Waals surface area contributed by atoms with Gasteiger partial charge >= 0.3 is 0 Å². The molecule has 0 heterocycles. The molecule has 1 unspecified atom stereocenters. The molecule has 22 heavy (non-hydrogen) atoms. The maximum atomic E-state index is 9.25. The zero-order chi connectivity index (χ0) is 15.7. The first-order valence-electron chi connectivity index (χ1n) is 8.13. The molecule has 1 aromatic carbocycles. The van der Waals surface area contributed by atoms with Crippen LogP contribution in [0.4, 0.5) is 11.4 Å². The van der Waals surface area contributed by atoms with Crippen LogP contribution in [0.2, 0.25) is 0 Å². The van der Waals surface area contributed by atoms with Gasteiger partial charge < -0.3 is 33.0 Å². The Balaban J connectivity index is 0.00000441. The van der Waals surface area contributed by atoms with Gasteiger partial charge in [-0.2, -0.15) is 0 Å². The summed E-state index contributed by atoms with van der Waals surface area (Å²) < 4.78 is 1.02. The quantitative estimate of drug-likeness (QED) is 0.408. The summed E-state index contributed by atoms with van der Waals surface area (Å²) >= 11 is 0. The number of hydrogen-bond acceptors (Lipinski definition) is 3. The van der Waals surface area contributed by atoms with Gasteiger partial charge in [-0.15, -0.1) is 0 Å². The second-order valence-electron chi connectivity index (χ2n) is 5.95. The molecule has 0 saturated carbocycles. The number of likely N-dealkylation sites (N-methyl/N-ethyl adjacent to an activating group) is 1. The lowest BCUT2D eigenvalue weighted by Gasteiger charge is -2.36. The van der Waals surface area contributed by atoms with Crippen LogP contribution in [0.1, 0.15) is 33.6 Å². The molecule has 0 aliphatic carbocycles. The third kappa shape index (κ3) is 6.86. The molecule has 4 N–H and O–H groups in total. The third-order valence-electron chi connectivity index (χ3n) is 4.51. The van der Waals surface area contributed by atoms with E-state index in [0.29, 0.717) is 6.04 Å². The van der Waals surface area contributed by atoms with Crippen molar-refractivity contribution in [2.24, 2.45) is 0 Å². The van der Waals surface area contributed by atoms with Gasteiger partial charge in [-0.05, 0) is 57.9 Å². The van der Waals surface area contributed by atoms with Crippen molar-refractivity contribution in [2.75, 3.05) is 43.8 Å². The van der Waals surface area contributed by atoms with Gasteiger partial charge in [0.25, 0.3) is 0 Å². The van der Waals surface area contributed by atoms with Crippen LogP contribution in [0.25, 0.3) is 0 Å². The van der Waals surface area contributed by atoms with Crippen LogP contribution in [-0.2, 0) is 0 Å². The minimum Gasteiger partial charge on any atom is -1.00 e. The van der Waals surface area contributed by atoms with Crippen LogP contribution in [0.5, 0.6) is 0 Å². The van der Waals surface area contributed by atoms with Gasteiger partial charge in [-0.3, -0.25) is 0 Å². The zero-order valence-electron chi connectivity index (χ0n) is 14.2. The van der Waals surface area contributed by atoms with Gasteiger partial charge in [0.05, 0.1) is 26.2 Å². The Morgan fingerprint density at radius 3 is 2.23 bits per heavy atom. The highest BCUT2D eigenvalue weighted by atomic mass is 35.5. The van der Waals surface area contributed by atoms with Gasteiger partial charge in [-0.1, -0.05) is 0 Å². The van der Waals surface area contributed by atoms with Gasteiger partial charge in [0.1, 0.15) is 6.54 Å². The second kappa shape index (κ2) is 10.7.